The Morgan fingerprint density at radius 1 is 1.16 bits per heavy atom. The molecule has 1 N–H and O–H groups in total. The molecule has 4 fully saturated rings. The maximum absolute atomic E-state index is 14.2. The Morgan fingerprint density at radius 3 is 2.25 bits per heavy atom. The second kappa shape index (κ2) is 7.98. The van der Waals surface area contributed by atoms with Crippen LogP contribution in [-0.4, -0.2) is 32.6 Å². The number of hydrogen-bond donors (Lipinski definition) is 1. The van der Waals surface area contributed by atoms with Crippen molar-refractivity contribution in [1.29, 1.82) is 0 Å². The van der Waals surface area contributed by atoms with Gasteiger partial charge in [0.25, 0.3) is 0 Å². The van der Waals surface area contributed by atoms with Gasteiger partial charge in [-0.2, -0.15) is 0 Å². The van der Waals surface area contributed by atoms with Gasteiger partial charge in [0.15, 0.2) is 8.32 Å². The number of ether oxygens (including phenoxy) is 1. The number of rotatable bonds is 7. The van der Waals surface area contributed by atoms with E-state index in [1.165, 1.54) is 19.3 Å². The fraction of sp³-hybridized carbons (Fsp3) is 0.720. The minimum Gasteiger partial charge on any atom is -0.491 e. The maximum Gasteiger partial charge on any atom is 0.338 e. The van der Waals surface area contributed by atoms with E-state index in [-0.39, 0.29) is 26.6 Å². The van der Waals surface area contributed by atoms with E-state index in [0.29, 0.717) is 18.4 Å². The van der Waals surface area contributed by atoms with E-state index >= 15 is 0 Å². The van der Waals surface area contributed by atoms with E-state index in [1.54, 1.807) is 0 Å². The van der Waals surface area contributed by atoms with Gasteiger partial charge in [0.05, 0.1) is 17.2 Å². The zero-order valence-electron chi connectivity index (χ0n) is 19.9. The molecule has 4 nitrogen and oxygen atoms in total. The highest BCUT2D eigenvalue weighted by molar-refractivity contribution is 6.74. The van der Waals surface area contributed by atoms with Gasteiger partial charge < -0.3 is 14.3 Å². The predicted molar refractivity (Wildman–Crippen MR) is 127 cm³/mol. The summed E-state index contributed by atoms with van der Waals surface area (Å²) >= 11 is 6.23. The molecule has 4 aliphatic rings. The number of carboxylic acids is 1. The lowest BCUT2D eigenvalue weighted by molar-refractivity contribution is -0.139. The molecule has 32 heavy (non-hydrogen) atoms. The monoisotopic (exact) mass is 482 g/mol. The van der Waals surface area contributed by atoms with Gasteiger partial charge in [-0.25, -0.2) is 9.18 Å². The van der Waals surface area contributed by atoms with E-state index < -0.39 is 25.7 Å². The largest absolute Gasteiger partial charge is 0.491 e. The third kappa shape index (κ3) is 4.47. The van der Waals surface area contributed by atoms with Gasteiger partial charge >= 0.3 is 5.97 Å². The Morgan fingerprint density at radius 2 is 1.72 bits per heavy atom. The first kappa shape index (κ1) is 24.0. The van der Waals surface area contributed by atoms with Crippen molar-refractivity contribution < 1.29 is 23.5 Å². The Hall–Kier alpha value is -1.11. The smallest absolute Gasteiger partial charge is 0.338 e. The van der Waals surface area contributed by atoms with Crippen LogP contribution in [0.5, 0.6) is 5.75 Å². The fourth-order valence-electron chi connectivity index (χ4n) is 6.57. The quantitative estimate of drug-likeness (QED) is 0.418. The molecule has 2 atom stereocenters. The Bertz CT molecular complexity index is 896. The number of aromatic carboxylic acids is 1. The molecule has 5 rings (SSSR count). The molecule has 0 amide bonds. The van der Waals surface area contributed by atoms with Crippen molar-refractivity contribution in [3.8, 4) is 5.75 Å². The molecule has 1 aromatic rings. The number of benzene rings is 1. The highest BCUT2D eigenvalue weighted by Crippen LogP contribution is 2.65. The SMILES string of the molecule is CC(C)(C)[Si](C)(C)OCC12CC3CC(CC(COc4cc(F)c(C(=O)O)cc4Cl)(C3)C1)C2. The van der Waals surface area contributed by atoms with Crippen LogP contribution in [0.1, 0.15) is 69.7 Å². The average Bonchev–Trinajstić information content (AvgIpc) is 2.65. The van der Waals surface area contributed by atoms with Crippen LogP contribution in [0.3, 0.4) is 0 Å². The molecule has 4 aliphatic carbocycles. The molecule has 1 aromatic carbocycles. The van der Waals surface area contributed by atoms with Crippen molar-refractivity contribution in [2.75, 3.05) is 13.2 Å². The van der Waals surface area contributed by atoms with Crippen LogP contribution in [0.25, 0.3) is 0 Å². The third-order valence-electron chi connectivity index (χ3n) is 8.63. The standard InChI is InChI=1S/C25H36ClFO4Si/c1-23(2,3)32(4,5)31-15-25-11-16-6-17(12-25)10-24(9-16,13-25)14-30-21-8-20(27)18(22(28)29)7-19(21)26/h7-8,16-17H,6,9-15H2,1-5H3,(H,28,29). The van der Waals surface area contributed by atoms with Gasteiger partial charge in [-0.15, -0.1) is 0 Å². The summed E-state index contributed by atoms with van der Waals surface area (Å²) in [5.74, 6) is -0.521. The van der Waals surface area contributed by atoms with Crippen LogP contribution in [0, 0.1) is 28.5 Å². The van der Waals surface area contributed by atoms with Gasteiger partial charge in [-0.1, -0.05) is 32.4 Å². The van der Waals surface area contributed by atoms with Gasteiger partial charge in [0.1, 0.15) is 11.6 Å². The minimum absolute atomic E-state index is 0.0617. The zero-order chi connectivity index (χ0) is 23.5. The molecular formula is C25H36ClFO4Si. The lowest BCUT2D eigenvalue weighted by Crippen LogP contribution is -2.56. The Balaban J connectivity index is 1.50. The summed E-state index contributed by atoms with van der Waals surface area (Å²) in [5.41, 5.74) is -0.156. The van der Waals surface area contributed by atoms with E-state index in [2.05, 4.69) is 33.9 Å². The molecule has 178 valence electrons. The lowest BCUT2D eigenvalue weighted by Gasteiger charge is -2.62. The topological polar surface area (TPSA) is 55.8 Å². The number of carbonyl (C=O) groups is 1. The van der Waals surface area contributed by atoms with Crippen molar-refractivity contribution in [2.24, 2.45) is 22.7 Å². The highest BCUT2D eigenvalue weighted by Gasteiger charge is 2.58. The van der Waals surface area contributed by atoms with Gasteiger partial charge in [-0.05, 0) is 80.0 Å². The number of carboxylic acid groups (broad SMARTS) is 1. The molecule has 0 spiro atoms. The number of hydrogen-bond acceptors (Lipinski definition) is 3. The molecule has 0 saturated heterocycles. The van der Waals surface area contributed by atoms with Crippen LogP contribution >= 0.6 is 11.6 Å². The molecule has 0 heterocycles. The summed E-state index contributed by atoms with van der Waals surface area (Å²) in [7, 11) is -1.82. The Kier molecular flexibility index (Phi) is 5.99. The van der Waals surface area contributed by atoms with Crippen molar-refractivity contribution >= 4 is 25.9 Å². The summed E-state index contributed by atoms with van der Waals surface area (Å²) in [6, 6.07) is 2.26. The van der Waals surface area contributed by atoms with E-state index in [9.17, 15) is 9.18 Å². The first-order chi connectivity index (χ1) is 14.7. The summed E-state index contributed by atoms with van der Waals surface area (Å²) < 4.78 is 27.0. The average molecular weight is 483 g/mol. The summed E-state index contributed by atoms with van der Waals surface area (Å²) in [6.45, 7) is 12.8. The summed E-state index contributed by atoms with van der Waals surface area (Å²) in [5, 5.41) is 9.44. The van der Waals surface area contributed by atoms with Gasteiger partial charge in [0.2, 0.25) is 0 Å². The fourth-order valence-corrected chi connectivity index (χ4v) is 7.89. The van der Waals surface area contributed by atoms with E-state index in [0.717, 1.165) is 38.0 Å². The molecular weight excluding hydrogens is 447 g/mol. The van der Waals surface area contributed by atoms with Crippen LogP contribution in [-0.2, 0) is 4.43 Å². The van der Waals surface area contributed by atoms with Crippen LogP contribution in [0.4, 0.5) is 4.39 Å². The molecule has 4 saturated carbocycles. The molecule has 0 aliphatic heterocycles. The Labute approximate surface area is 197 Å². The molecule has 0 aromatic heterocycles. The van der Waals surface area contributed by atoms with Crippen molar-refractivity contribution in [3.05, 3.63) is 28.5 Å². The number of halogens is 2. The maximum atomic E-state index is 14.2. The van der Waals surface area contributed by atoms with E-state index in [4.69, 9.17) is 25.9 Å². The van der Waals surface area contributed by atoms with Crippen molar-refractivity contribution in [1.82, 2.24) is 0 Å². The van der Waals surface area contributed by atoms with Crippen molar-refractivity contribution in [2.45, 2.75) is 77.4 Å². The second-order valence-electron chi connectivity index (χ2n) is 12.4. The summed E-state index contributed by atoms with van der Waals surface area (Å²) in [6.07, 6.45) is 7.13. The first-order valence-corrected chi connectivity index (χ1v) is 15.0. The lowest BCUT2D eigenvalue weighted by atomic mass is 9.44. The minimum atomic E-state index is -1.82. The van der Waals surface area contributed by atoms with E-state index in [1.807, 2.05) is 0 Å². The van der Waals surface area contributed by atoms with Crippen LogP contribution in [0.15, 0.2) is 12.1 Å². The molecule has 0 radical (unpaired) electrons. The van der Waals surface area contributed by atoms with Crippen LogP contribution in [0.2, 0.25) is 23.2 Å². The summed E-state index contributed by atoms with van der Waals surface area (Å²) in [4.78, 5) is 11.2. The molecule has 2 unspecified atom stereocenters. The second-order valence-corrected chi connectivity index (χ2v) is 17.6. The predicted octanol–water partition coefficient (Wildman–Crippen LogP) is 7.16. The first-order valence-electron chi connectivity index (χ1n) is 11.7. The van der Waals surface area contributed by atoms with Gasteiger partial charge in [0, 0.05) is 18.1 Å². The van der Waals surface area contributed by atoms with Gasteiger partial charge in [-0.3, -0.25) is 0 Å². The van der Waals surface area contributed by atoms with Crippen LogP contribution < -0.4 is 4.74 Å². The molecule has 4 bridgehead atoms. The zero-order valence-corrected chi connectivity index (χ0v) is 21.7. The normalized spacial score (nSPS) is 31.7. The van der Waals surface area contributed by atoms with Crippen molar-refractivity contribution in [3.63, 3.8) is 0 Å². The highest BCUT2D eigenvalue weighted by atomic mass is 35.5. The molecule has 7 heteroatoms. The third-order valence-corrected chi connectivity index (χ3v) is 13.4.